The van der Waals surface area contributed by atoms with E-state index in [1.54, 1.807) is 6.07 Å². The number of ketones is 1. The van der Waals surface area contributed by atoms with Gasteiger partial charge in [0.1, 0.15) is 6.61 Å². The lowest BCUT2D eigenvalue weighted by Crippen LogP contribution is -2.09. The number of carbonyl (C=O) groups excluding carboxylic acids is 1. The first-order valence-corrected chi connectivity index (χ1v) is 7.35. The molecule has 0 unspecified atom stereocenters. The minimum Gasteiger partial charge on any atom is -0.369 e. The van der Waals surface area contributed by atoms with Crippen molar-refractivity contribution in [3.05, 3.63) is 68.6 Å². The van der Waals surface area contributed by atoms with E-state index in [0.717, 1.165) is 14.5 Å². The van der Waals surface area contributed by atoms with Crippen LogP contribution in [0.5, 0.6) is 0 Å². The lowest BCUT2D eigenvalue weighted by Gasteiger charge is -2.06. The molecule has 98 valence electrons. The molecule has 0 saturated carbocycles. The van der Waals surface area contributed by atoms with E-state index in [1.807, 2.05) is 42.5 Å². The van der Waals surface area contributed by atoms with E-state index >= 15 is 0 Å². The molecule has 0 aliphatic rings. The first kappa shape index (κ1) is 14.4. The van der Waals surface area contributed by atoms with Gasteiger partial charge in [-0.1, -0.05) is 62.2 Å². The van der Waals surface area contributed by atoms with Crippen molar-refractivity contribution in [2.24, 2.45) is 0 Å². The summed E-state index contributed by atoms with van der Waals surface area (Å²) >= 11 is 6.76. The predicted molar refractivity (Wildman–Crippen MR) is 82.3 cm³/mol. The Morgan fingerprint density at radius 3 is 2.58 bits per heavy atom. The van der Waals surface area contributed by atoms with Crippen molar-refractivity contribution in [1.29, 1.82) is 0 Å². The van der Waals surface area contributed by atoms with E-state index in [2.05, 4.69) is 31.9 Å². The summed E-state index contributed by atoms with van der Waals surface area (Å²) in [5.41, 5.74) is 1.69. The highest BCUT2D eigenvalue weighted by Crippen LogP contribution is 2.17. The van der Waals surface area contributed by atoms with Gasteiger partial charge in [-0.05, 0) is 23.8 Å². The summed E-state index contributed by atoms with van der Waals surface area (Å²) in [4.78, 5) is 12.0. The standard InChI is InChI=1S/C15H12Br2O2/c16-12-5-3-4-11(8-12)9-19-10-15(18)13-6-1-2-7-14(13)17/h1-8H,9-10H2. The molecular weight excluding hydrogens is 372 g/mol. The molecule has 0 radical (unpaired) electrons. The molecule has 0 saturated heterocycles. The Morgan fingerprint density at radius 2 is 1.84 bits per heavy atom. The van der Waals surface area contributed by atoms with Crippen molar-refractivity contribution < 1.29 is 9.53 Å². The number of hydrogen-bond acceptors (Lipinski definition) is 2. The fourth-order valence-corrected chi connectivity index (χ4v) is 2.61. The van der Waals surface area contributed by atoms with Crippen LogP contribution in [0.4, 0.5) is 0 Å². The maximum absolute atomic E-state index is 12.0. The number of halogens is 2. The molecule has 2 aromatic rings. The van der Waals surface area contributed by atoms with Gasteiger partial charge < -0.3 is 4.74 Å². The Labute approximate surface area is 129 Å². The largest absolute Gasteiger partial charge is 0.369 e. The highest BCUT2D eigenvalue weighted by molar-refractivity contribution is 9.10. The highest BCUT2D eigenvalue weighted by Gasteiger charge is 2.09. The van der Waals surface area contributed by atoms with Gasteiger partial charge in [0.05, 0.1) is 6.61 Å². The van der Waals surface area contributed by atoms with Gasteiger partial charge in [-0.15, -0.1) is 0 Å². The van der Waals surface area contributed by atoms with Gasteiger partial charge in [-0.2, -0.15) is 0 Å². The lowest BCUT2D eigenvalue weighted by atomic mass is 10.1. The van der Waals surface area contributed by atoms with Crippen molar-refractivity contribution in [1.82, 2.24) is 0 Å². The second kappa shape index (κ2) is 6.98. The molecule has 0 fully saturated rings. The van der Waals surface area contributed by atoms with Gasteiger partial charge >= 0.3 is 0 Å². The molecule has 2 rings (SSSR count). The van der Waals surface area contributed by atoms with Crippen LogP contribution in [-0.4, -0.2) is 12.4 Å². The smallest absolute Gasteiger partial charge is 0.189 e. The van der Waals surface area contributed by atoms with E-state index < -0.39 is 0 Å². The Hall–Kier alpha value is -0.970. The van der Waals surface area contributed by atoms with Gasteiger partial charge in [0, 0.05) is 14.5 Å². The average Bonchev–Trinajstić information content (AvgIpc) is 2.39. The average molecular weight is 384 g/mol. The molecule has 2 aromatic carbocycles. The number of rotatable bonds is 5. The molecule has 0 aliphatic carbocycles. The summed E-state index contributed by atoms with van der Waals surface area (Å²) < 4.78 is 7.26. The van der Waals surface area contributed by atoms with Gasteiger partial charge in [0.25, 0.3) is 0 Å². The Kier molecular flexibility index (Phi) is 5.31. The maximum atomic E-state index is 12.0. The van der Waals surface area contributed by atoms with Crippen LogP contribution in [0.25, 0.3) is 0 Å². The topological polar surface area (TPSA) is 26.3 Å². The molecule has 2 nitrogen and oxygen atoms in total. The van der Waals surface area contributed by atoms with Crippen LogP contribution in [-0.2, 0) is 11.3 Å². The predicted octanol–water partition coefficient (Wildman–Crippen LogP) is 4.61. The molecular formula is C15H12Br2O2. The summed E-state index contributed by atoms with van der Waals surface area (Å²) in [6.45, 7) is 0.505. The summed E-state index contributed by atoms with van der Waals surface area (Å²) in [5, 5.41) is 0. The van der Waals surface area contributed by atoms with Crippen LogP contribution in [0.3, 0.4) is 0 Å². The Balaban J connectivity index is 1.90. The quantitative estimate of drug-likeness (QED) is 0.704. The van der Waals surface area contributed by atoms with Crippen LogP contribution in [0, 0.1) is 0 Å². The van der Waals surface area contributed by atoms with Crippen molar-refractivity contribution in [2.75, 3.05) is 6.61 Å². The Morgan fingerprint density at radius 1 is 1.05 bits per heavy atom. The van der Waals surface area contributed by atoms with E-state index in [0.29, 0.717) is 12.2 Å². The SMILES string of the molecule is O=C(COCc1cccc(Br)c1)c1ccccc1Br. The van der Waals surface area contributed by atoms with Crippen LogP contribution >= 0.6 is 31.9 Å². The van der Waals surface area contributed by atoms with Crippen molar-refractivity contribution in [3.63, 3.8) is 0 Å². The summed E-state index contributed by atoms with van der Waals surface area (Å²) in [7, 11) is 0. The molecule has 0 bridgehead atoms. The second-order valence-corrected chi connectivity index (χ2v) is 5.80. The lowest BCUT2D eigenvalue weighted by molar-refractivity contribution is 0.0726. The monoisotopic (exact) mass is 382 g/mol. The fraction of sp³-hybridized carbons (Fsp3) is 0.133. The van der Waals surface area contributed by atoms with Crippen molar-refractivity contribution in [3.8, 4) is 0 Å². The zero-order chi connectivity index (χ0) is 13.7. The number of benzene rings is 2. The summed E-state index contributed by atoms with van der Waals surface area (Å²) in [6.07, 6.45) is 0. The van der Waals surface area contributed by atoms with Gasteiger partial charge in [-0.3, -0.25) is 4.79 Å². The molecule has 19 heavy (non-hydrogen) atoms. The van der Waals surface area contributed by atoms with Crippen LogP contribution < -0.4 is 0 Å². The number of carbonyl (C=O) groups is 1. The zero-order valence-corrected chi connectivity index (χ0v) is 13.3. The molecule has 0 atom stereocenters. The molecule has 0 spiro atoms. The van der Waals surface area contributed by atoms with E-state index in [4.69, 9.17) is 4.74 Å². The van der Waals surface area contributed by atoms with Crippen LogP contribution in [0.15, 0.2) is 57.5 Å². The van der Waals surface area contributed by atoms with Gasteiger partial charge in [0.15, 0.2) is 5.78 Å². The molecule has 0 N–H and O–H groups in total. The summed E-state index contributed by atoms with van der Waals surface area (Å²) in [6, 6.07) is 15.2. The molecule has 0 aliphatic heterocycles. The molecule has 0 heterocycles. The third-order valence-electron chi connectivity index (χ3n) is 2.57. The third-order valence-corrected chi connectivity index (χ3v) is 3.75. The maximum Gasteiger partial charge on any atom is 0.189 e. The van der Waals surface area contributed by atoms with E-state index in [-0.39, 0.29) is 12.4 Å². The third kappa shape index (κ3) is 4.27. The number of Topliss-reactive ketones (excluding diaryl/α,β-unsaturated/α-hetero) is 1. The normalized spacial score (nSPS) is 10.4. The van der Waals surface area contributed by atoms with Crippen molar-refractivity contribution >= 4 is 37.6 Å². The molecule has 0 amide bonds. The Bertz CT molecular complexity index is 582. The first-order chi connectivity index (χ1) is 9.16. The number of hydrogen-bond donors (Lipinski definition) is 0. The van der Waals surface area contributed by atoms with Crippen LogP contribution in [0.2, 0.25) is 0 Å². The second-order valence-electron chi connectivity index (χ2n) is 4.03. The fourth-order valence-electron chi connectivity index (χ4n) is 1.65. The number of ether oxygens (including phenoxy) is 1. The van der Waals surface area contributed by atoms with E-state index in [9.17, 15) is 4.79 Å². The van der Waals surface area contributed by atoms with Gasteiger partial charge in [-0.25, -0.2) is 0 Å². The van der Waals surface area contributed by atoms with E-state index in [1.165, 1.54) is 0 Å². The van der Waals surface area contributed by atoms with Gasteiger partial charge in [0.2, 0.25) is 0 Å². The minimum atomic E-state index is -0.0255. The van der Waals surface area contributed by atoms with Crippen molar-refractivity contribution in [2.45, 2.75) is 6.61 Å². The summed E-state index contributed by atoms with van der Waals surface area (Å²) in [5.74, 6) is -0.0255. The minimum absolute atomic E-state index is 0.0255. The molecule has 4 heteroatoms. The first-order valence-electron chi connectivity index (χ1n) is 5.77. The van der Waals surface area contributed by atoms with Crippen LogP contribution in [0.1, 0.15) is 15.9 Å². The highest BCUT2D eigenvalue weighted by atomic mass is 79.9. The molecule has 0 aromatic heterocycles. The zero-order valence-electron chi connectivity index (χ0n) is 10.1.